The van der Waals surface area contributed by atoms with Crippen LogP contribution >= 0.6 is 15.9 Å². The Labute approximate surface area is 128 Å². The van der Waals surface area contributed by atoms with Gasteiger partial charge in [0.1, 0.15) is 0 Å². The average molecular weight is 344 g/mol. The second-order valence-electron chi connectivity index (χ2n) is 5.13. The molecule has 1 heterocycles. The maximum Gasteiger partial charge on any atom is 0.172 e. The summed E-state index contributed by atoms with van der Waals surface area (Å²) in [6.07, 6.45) is 2.60. The van der Waals surface area contributed by atoms with Crippen molar-refractivity contribution in [2.24, 2.45) is 5.92 Å². The molecule has 2 atom stereocenters. The van der Waals surface area contributed by atoms with Crippen LogP contribution in [0.4, 0.5) is 0 Å². The third-order valence-electron chi connectivity index (χ3n) is 3.79. The standard InChI is InChI=1S/C15H22BrNO3/c1-3-13-11(4-5-20-13)9-17-8-10-6-12(16)15(18)14(7-10)19-2/h6-7,11,13,17-18H,3-5,8-9H2,1-2H3. The van der Waals surface area contributed by atoms with Crippen molar-refractivity contribution >= 4 is 15.9 Å². The molecule has 1 aliphatic rings. The van der Waals surface area contributed by atoms with E-state index in [9.17, 15) is 5.11 Å². The van der Waals surface area contributed by atoms with Gasteiger partial charge in [-0.15, -0.1) is 0 Å². The van der Waals surface area contributed by atoms with E-state index in [0.29, 0.717) is 22.2 Å². The molecule has 0 aliphatic carbocycles. The van der Waals surface area contributed by atoms with Crippen LogP contribution < -0.4 is 10.1 Å². The van der Waals surface area contributed by atoms with Crippen molar-refractivity contribution in [3.05, 3.63) is 22.2 Å². The zero-order valence-electron chi connectivity index (χ0n) is 12.0. The summed E-state index contributed by atoms with van der Waals surface area (Å²) in [5, 5.41) is 13.2. The van der Waals surface area contributed by atoms with Crippen molar-refractivity contribution in [1.29, 1.82) is 0 Å². The first-order valence-electron chi connectivity index (χ1n) is 7.03. The minimum Gasteiger partial charge on any atom is -0.503 e. The van der Waals surface area contributed by atoms with E-state index in [1.807, 2.05) is 12.1 Å². The van der Waals surface area contributed by atoms with Crippen LogP contribution in [0.1, 0.15) is 25.3 Å². The summed E-state index contributed by atoms with van der Waals surface area (Å²) < 4.78 is 11.5. The number of hydrogen-bond donors (Lipinski definition) is 2. The highest BCUT2D eigenvalue weighted by Crippen LogP contribution is 2.35. The minimum absolute atomic E-state index is 0.145. The van der Waals surface area contributed by atoms with E-state index < -0.39 is 0 Å². The minimum atomic E-state index is 0.145. The van der Waals surface area contributed by atoms with Gasteiger partial charge in [0.2, 0.25) is 0 Å². The molecule has 0 aromatic heterocycles. The largest absolute Gasteiger partial charge is 0.503 e. The number of phenolic OH excluding ortho intramolecular Hbond substituents is 1. The molecule has 112 valence electrons. The lowest BCUT2D eigenvalue weighted by molar-refractivity contribution is 0.0872. The number of phenols is 1. The van der Waals surface area contributed by atoms with Gasteiger partial charge in [0.05, 0.1) is 17.7 Å². The van der Waals surface area contributed by atoms with E-state index in [2.05, 4.69) is 28.2 Å². The summed E-state index contributed by atoms with van der Waals surface area (Å²) in [4.78, 5) is 0. The van der Waals surface area contributed by atoms with Gasteiger partial charge in [-0.3, -0.25) is 0 Å². The van der Waals surface area contributed by atoms with Crippen LogP contribution in [0.5, 0.6) is 11.5 Å². The van der Waals surface area contributed by atoms with Gasteiger partial charge in [0.15, 0.2) is 11.5 Å². The molecule has 4 nitrogen and oxygen atoms in total. The smallest absolute Gasteiger partial charge is 0.172 e. The molecule has 1 saturated heterocycles. The molecule has 1 aliphatic heterocycles. The molecule has 5 heteroatoms. The molecule has 2 unspecified atom stereocenters. The number of nitrogens with one attached hydrogen (secondary N) is 1. The summed E-state index contributed by atoms with van der Waals surface area (Å²) >= 11 is 3.34. The maximum atomic E-state index is 9.78. The van der Waals surface area contributed by atoms with Crippen LogP contribution in [0.3, 0.4) is 0 Å². The molecule has 0 spiro atoms. The van der Waals surface area contributed by atoms with E-state index in [4.69, 9.17) is 9.47 Å². The lowest BCUT2D eigenvalue weighted by Crippen LogP contribution is -2.27. The van der Waals surface area contributed by atoms with Crippen LogP contribution in [-0.2, 0) is 11.3 Å². The Kier molecular flexibility index (Phi) is 5.69. The zero-order valence-corrected chi connectivity index (χ0v) is 13.6. The SMILES string of the molecule is CCC1OCCC1CNCc1cc(Br)c(O)c(OC)c1. The predicted molar refractivity (Wildman–Crippen MR) is 82.2 cm³/mol. The molecular weight excluding hydrogens is 322 g/mol. The van der Waals surface area contributed by atoms with Gasteiger partial charge < -0.3 is 19.9 Å². The summed E-state index contributed by atoms with van der Waals surface area (Å²) in [6, 6.07) is 3.77. The van der Waals surface area contributed by atoms with E-state index in [0.717, 1.165) is 38.1 Å². The van der Waals surface area contributed by atoms with Crippen LogP contribution in [0.25, 0.3) is 0 Å². The van der Waals surface area contributed by atoms with Crippen LogP contribution in [0.2, 0.25) is 0 Å². The summed E-state index contributed by atoms with van der Waals surface area (Å²) in [5.74, 6) is 1.24. The van der Waals surface area contributed by atoms with E-state index in [1.54, 1.807) is 7.11 Å². The first kappa shape index (κ1) is 15.6. The normalized spacial score (nSPS) is 22.1. The highest BCUT2D eigenvalue weighted by molar-refractivity contribution is 9.10. The van der Waals surface area contributed by atoms with Gasteiger partial charge in [-0.2, -0.15) is 0 Å². The number of halogens is 1. The Balaban J connectivity index is 1.89. The zero-order chi connectivity index (χ0) is 14.5. The molecule has 0 radical (unpaired) electrons. The summed E-state index contributed by atoms with van der Waals surface area (Å²) in [6.45, 7) is 4.76. The molecule has 2 rings (SSSR count). The predicted octanol–water partition coefficient (Wildman–Crippen LogP) is 3.07. The number of hydrogen-bond acceptors (Lipinski definition) is 4. The molecule has 1 aromatic carbocycles. The molecule has 20 heavy (non-hydrogen) atoms. The van der Waals surface area contributed by atoms with Crippen molar-refractivity contribution in [3.8, 4) is 11.5 Å². The monoisotopic (exact) mass is 343 g/mol. The van der Waals surface area contributed by atoms with Crippen LogP contribution in [0.15, 0.2) is 16.6 Å². The fourth-order valence-electron chi connectivity index (χ4n) is 2.66. The highest BCUT2D eigenvalue weighted by atomic mass is 79.9. The van der Waals surface area contributed by atoms with Crippen LogP contribution in [-0.4, -0.2) is 31.5 Å². The number of methoxy groups -OCH3 is 1. The van der Waals surface area contributed by atoms with Gasteiger partial charge in [-0.05, 0) is 52.4 Å². The molecular formula is C15H22BrNO3. The maximum absolute atomic E-state index is 9.78. The lowest BCUT2D eigenvalue weighted by atomic mass is 9.99. The molecule has 1 fully saturated rings. The third-order valence-corrected chi connectivity index (χ3v) is 4.40. The lowest BCUT2D eigenvalue weighted by Gasteiger charge is -2.17. The quantitative estimate of drug-likeness (QED) is 0.833. The summed E-state index contributed by atoms with van der Waals surface area (Å²) in [7, 11) is 1.56. The fraction of sp³-hybridized carbons (Fsp3) is 0.600. The molecule has 1 aromatic rings. The van der Waals surface area contributed by atoms with Crippen molar-refractivity contribution in [1.82, 2.24) is 5.32 Å². The Morgan fingerprint density at radius 1 is 1.50 bits per heavy atom. The van der Waals surface area contributed by atoms with Crippen molar-refractivity contribution in [2.45, 2.75) is 32.4 Å². The van der Waals surface area contributed by atoms with Crippen molar-refractivity contribution in [2.75, 3.05) is 20.3 Å². The van der Waals surface area contributed by atoms with Crippen LogP contribution in [0, 0.1) is 5.92 Å². The number of aromatic hydroxyl groups is 1. The Hall–Kier alpha value is -0.780. The van der Waals surface area contributed by atoms with Gasteiger partial charge in [0.25, 0.3) is 0 Å². The Morgan fingerprint density at radius 3 is 3.00 bits per heavy atom. The van der Waals surface area contributed by atoms with E-state index in [-0.39, 0.29) is 5.75 Å². The second-order valence-corrected chi connectivity index (χ2v) is 5.98. The second kappa shape index (κ2) is 7.29. The topological polar surface area (TPSA) is 50.7 Å². The molecule has 2 N–H and O–H groups in total. The van der Waals surface area contributed by atoms with Gasteiger partial charge >= 0.3 is 0 Å². The Bertz CT molecular complexity index is 453. The molecule has 0 saturated carbocycles. The first-order valence-corrected chi connectivity index (χ1v) is 7.82. The first-order chi connectivity index (χ1) is 9.65. The highest BCUT2D eigenvalue weighted by Gasteiger charge is 2.25. The van der Waals surface area contributed by atoms with Gasteiger partial charge in [0, 0.05) is 19.7 Å². The number of ether oxygens (including phenoxy) is 2. The average Bonchev–Trinajstić information content (AvgIpc) is 2.90. The summed E-state index contributed by atoms with van der Waals surface area (Å²) in [5.41, 5.74) is 1.08. The van der Waals surface area contributed by atoms with E-state index >= 15 is 0 Å². The fourth-order valence-corrected chi connectivity index (χ4v) is 3.15. The number of benzene rings is 1. The number of rotatable bonds is 6. The Morgan fingerprint density at radius 2 is 2.30 bits per heavy atom. The van der Waals surface area contributed by atoms with Gasteiger partial charge in [-0.1, -0.05) is 6.92 Å². The molecule has 0 bridgehead atoms. The third kappa shape index (κ3) is 3.65. The van der Waals surface area contributed by atoms with E-state index in [1.165, 1.54) is 0 Å². The van der Waals surface area contributed by atoms with Gasteiger partial charge in [-0.25, -0.2) is 0 Å². The van der Waals surface area contributed by atoms with Crippen molar-refractivity contribution < 1.29 is 14.6 Å². The molecule has 0 amide bonds. The van der Waals surface area contributed by atoms with Crippen molar-refractivity contribution in [3.63, 3.8) is 0 Å².